The van der Waals surface area contributed by atoms with Crippen LogP contribution in [-0.2, 0) is 19.2 Å². The van der Waals surface area contributed by atoms with Gasteiger partial charge >= 0.3 is 0 Å². The van der Waals surface area contributed by atoms with Crippen LogP contribution in [0.3, 0.4) is 0 Å². The molecule has 1 aliphatic carbocycles. The fourth-order valence-electron chi connectivity index (χ4n) is 4.66. The highest BCUT2D eigenvalue weighted by molar-refractivity contribution is 6.38. The van der Waals surface area contributed by atoms with Crippen LogP contribution in [0.4, 0.5) is 0 Å². The number of hydrogen-bond acceptors (Lipinski definition) is 5. The van der Waals surface area contributed by atoms with Crippen molar-refractivity contribution < 1.29 is 19.2 Å². The first kappa shape index (κ1) is 29.1. The van der Waals surface area contributed by atoms with E-state index in [9.17, 15) is 19.2 Å². The molecule has 1 fully saturated rings. The Hall–Kier alpha value is -1.96. The Labute approximate surface area is 199 Å². The van der Waals surface area contributed by atoms with E-state index in [0.29, 0.717) is 32.4 Å². The Morgan fingerprint density at radius 1 is 1.00 bits per heavy atom. The van der Waals surface area contributed by atoms with Crippen molar-refractivity contribution in [2.24, 2.45) is 17.6 Å². The molecule has 0 aliphatic heterocycles. The van der Waals surface area contributed by atoms with Crippen molar-refractivity contribution in [1.29, 1.82) is 0 Å². The average molecular weight is 467 g/mol. The highest BCUT2D eigenvalue weighted by atomic mass is 16.2. The summed E-state index contributed by atoms with van der Waals surface area (Å²) in [5, 5.41) is 5.32. The highest BCUT2D eigenvalue weighted by Gasteiger charge is 2.38. The Bertz CT molecular complexity index is 646. The second-order valence-electron chi connectivity index (χ2n) is 9.57. The van der Waals surface area contributed by atoms with Gasteiger partial charge in [0.05, 0.1) is 12.1 Å². The summed E-state index contributed by atoms with van der Waals surface area (Å²) in [5.41, 5.74) is 6.42. The third kappa shape index (κ3) is 8.72. The second-order valence-corrected chi connectivity index (χ2v) is 9.57. The van der Waals surface area contributed by atoms with E-state index >= 15 is 0 Å². The molecule has 4 N–H and O–H groups in total. The predicted octanol–water partition coefficient (Wildman–Crippen LogP) is 2.54. The molecule has 33 heavy (non-hydrogen) atoms. The molecule has 8 nitrogen and oxygen atoms in total. The molecule has 8 heteroatoms. The maximum absolute atomic E-state index is 13.5. The van der Waals surface area contributed by atoms with E-state index in [0.717, 1.165) is 32.1 Å². The Kier molecular flexibility index (Phi) is 13.3. The van der Waals surface area contributed by atoms with Crippen molar-refractivity contribution in [1.82, 2.24) is 15.5 Å². The third-order valence-electron chi connectivity index (χ3n) is 6.47. The van der Waals surface area contributed by atoms with Gasteiger partial charge in [-0.3, -0.25) is 19.2 Å². The minimum absolute atomic E-state index is 0.137. The number of nitrogens with two attached hydrogens (primary N) is 1. The zero-order valence-electron chi connectivity index (χ0n) is 21.3. The monoisotopic (exact) mass is 466 g/mol. The van der Waals surface area contributed by atoms with Crippen LogP contribution in [0.15, 0.2) is 0 Å². The van der Waals surface area contributed by atoms with Gasteiger partial charge in [0.2, 0.25) is 17.6 Å². The molecule has 0 aromatic heterocycles. The van der Waals surface area contributed by atoms with Gasteiger partial charge in [-0.05, 0) is 44.4 Å². The van der Waals surface area contributed by atoms with Crippen molar-refractivity contribution >= 4 is 23.5 Å². The zero-order chi connectivity index (χ0) is 25.0. The SMILES string of the molecule is CCCCC(NC(=O)[C@H](C(C)C)N(CCC)C(=O)[C@@H](N)C1CCCCC1)C(=O)C(=O)NCC. The standard InChI is InChI=1S/C25H46N4O4/c1-6-9-15-19(22(30)24(32)27-8-3)28-23(31)21(17(4)5)29(16-7-2)25(33)20(26)18-13-11-10-12-14-18/h17-21H,6-16,26H2,1-5H3,(H,27,32)(H,28,31)/t19?,20-,21-/m0/s1. The molecule has 1 unspecified atom stereocenters. The average Bonchev–Trinajstić information content (AvgIpc) is 2.80. The van der Waals surface area contributed by atoms with E-state index in [1.165, 1.54) is 6.42 Å². The molecule has 0 saturated heterocycles. The van der Waals surface area contributed by atoms with Crippen LogP contribution in [-0.4, -0.2) is 59.6 Å². The van der Waals surface area contributed by atoms with E-state index in [-0.39, 0.29) is 17.7 Å². The number of unbranched alkanes of at least 4 members (excludes halogenated alkanes) is 1. The zero-order valence-corrected chi connectivity index (χ0v) is 21.3. The minimum atomic E-state index is -0.907. The lowest BCUT2D eigenvalue weighted by Crippen LogP contribution is -2.60. The molecule has 0 bridgehead atoms. The quantitative estimate of drug-likeness (QED) is 0.340. The maximum atomic E-state index is 13.5. The normalized spacial score (nSPS) is 17.2. The maximum Gasteiger partial charge on any atom is 0.289 e. The van der Waals surface area contributed by atoms with Gasteiger partial charge < -0.3 is 21.3 Å². The van der Waals surface area contributed by atoms with Crippen molar-refractivity contribution in [2.75, 3.05) is 13.1 Å². The van der Waals surface area contributed by atoms with Gasteiger partial charge in [0.1, 0.15) is 6.04 Å². The van der Waals surface area contributed by atoms with E-state index < -0.39 is 35.7 Å². The van der Waals surface area contributed by atoms with Crippen LogP contribution in [0.25, 0.3) is 0 Å². The summed E-state index contributed by atoms with van der Waals surface area (Å²) in [4.78, 5) is 53.3. The summed E-state index contributed by atoms with van der Waals surface area (Å²) in [7, 11) is 0. The van der Waals surface area contributed by atoms with E-state index in [1.54, 1.807) is 11.8 Å². The lowest BCUT2D eigenvalue weighted by atomic mass is 9.83. The Morgan fingerprint density at radius 2 is 1.64 bits per heavy atom. The van der Waals surface area contributed by atoms with Crippen LogP contribution < -0.4 is 16.4 Å². The van der Waals surface area contributed by atoms with Crippen molar-refractivity contribution in [3.63, 3.8) is 0 Å². The van der Waals surface area contributed by atoms with Gasteiger partial charge in [-0.15, -0.1) is 0 Å². The molecule has 0 heterocycles. The third-order valence-corrected chi connectivity index (χ3v) is 6.47. The number of ketones is 1. The minimum Gasteiger partial charge on any atom is -0.350 e. The van der Waals surface area contributed by atoms with Gasteiger partial charge in [-0.1, -0.05) is 59.8 Å². The number of carbonyl (C=O) groups excluding carboxylic acids is 4. The number of nitrogens with zero attached hydrogens (tertiary/aromatic N) is 1. The number of carbonyl (C=O) groups is 4. The largest absolute Gasteiger partial charge is 0.350 e. The highest BCUT2D eigenvalue weighted by Crippen LogP contribution is 2.27. The van der Waals surface area contributed by atoms with Crippen LogP contribution >= 0.6 is 0 Å². The summed E-state index contributed by atoms with van der Waals surface area (Å²) in [5.74, 6) is -1.98. The van der Waals surface area contributed by atoms with Crippen LogP contribution in [0.5, 0.6) is 0 Å². The molecule has 0 radical (unpaired) electrons. The molecular formula is C25H46N4O4. The van der Waals surface area contributed by atoms with E-state index in [2.05, 4.69) is 10.6 Å². The van der Waals surface area contributed by atoms with Gasteiger partial charge in [-0.25, -0.2) is 0 Å². The molecule has 0 aromatic rings. The summed E-state index contributed by atoms with van der Waals surface area (Å²) >= 11 is 0. The molecule has 1 rings (SSSR count). The molecule has 1 aliphatic rings. The second kappa shape index (κ2) is 15.0. The van der Waals surface area contributed by atoms with Crippen molar-refractivity contribution in [3.05, 3.63) is 0 Å². The smallest absolute Gasteiger partial charge is 0.289 e. The van der Waals surface area contributed by atoms with Gasteiger partial charge in [0.25, 0.3) is 5.91 Å². The first-order valence-electron chi connectivity index (χ1n) is 12.9. The fraction of sp³-hybridized carbons (Fsp3) is 0.840. The number of nitrogens with one attached hydrogen (secondary N) is 2. The lowest BCUT2D eigenvalue weighted by molar-refractivity contribution is -0.146. The van der Waals surface area contributed by atoms with E-state index in [4.69, 9.17) is 5.73 Å². The molecule has 3 atom stereocenters. The molecule has 0 aromatic carbocycles. The Balaban J connectivity index is 3.09. The summed E-state index contributed by atoms with van der Waals surface area (Å²) in [6.45, 7) is 10.2. The predicted molar refractivity (Wildman–Crippen MR) is 130 cm³/mol. The Morgan fingerprint density at radius 3 is 2.15 bits per heavy atom. The molecule has 0 spiro atoms. The fourth-order valence-corrected chi connectivity index (χ4v) is 4.66. The van der Waals surface area contributed by atoms with Gasteiger partial charge in [0, 0.05) is 13.1 Å². The summed E-state index contributed by atoms with van der Waals surface area (Å²) in [6.07, 6.45) is 7.81. The van der Waals surface area contributed by atoms with E-state index in [1.807, 2.05) is 27.7 Å². The topological polar surface area (TPSA) is 122 Å². The van der Waals surface area contributed by atoms with Crippen LogP contribution in [0.1, 0.15) is 92.4 Å². The lowest BCUT2D eigenvalue weighted by Gasteiger charge is -2.37. The molecule has 1 saturated carbocycles. The van der Waals surface area contributed by atoms with Gasteiger partial charge in [0.15, 0.2) is 0 Å². The number of Topliss-reactive ketones (excluding diaryl/α,β-unsaturated/α-hetero) is 1. The number of amides is 3. The van der Waals surface area contributed by atoms with Crippen LogP contribution in [0, 0.1) is 11.8 Å². The number of likely N-dealkylation sites (N-methyl/N-ethyl adjacent to an activating group) is 1. The molecular weight excluding hydrogens is 420 g/mol. The first-order valence-corrected chi connectivity index (χ1v) is 12.9. The first-order chi connectivity index (χ1) is 15.7. The number of rotatable bonds is 14. The summed E-state index contributed by atoms with van der Waals surface area (Å²) < 4.78 is 0. The van der Waals surface area contributed by atoms with Gasteiger partial charge in [-0.2, -0.15) is 0 Å². The van der Waals surface area contributed by atoms with Crippen molar-refractivity contribution in [2.45, 2.75) is 111 Å². The molecule has 3 amide bonds. The number of hydrogen-bond donors (Lipinski definition) is 3. The molecule has 190 valence electrons. The summed E-state index contributed by atoms with van der Waals surface area (Å²) in [6, 6.07) is -2.28. The van der Waals surface area contributed by atoms with Crippen LogP contribution in [0.2, 0.25) is 0 Å². The van der Waals surface area contributed by atoms with Crippen molar-refractivity contribution in [3.8, 4) is 0 Å².